The van der Waals surface area contributed by atoms with Crippen molar-refractivity contribution < 1.29 is 0 Å². The molecule has 1 aromatic carbocycles. The van der Waals surface area contributed by atoms with Gasteiger partial charge >= 0.3 is 0 Å². The standard InChI is InChI=1S/C17H25N3S/c1-17(2,3)19-13-15-5-7-16(8-6-15)21-12-4-10-20-11-9-18-14-20/h5-9,11,14,19H,4,10,12-13H2,1-3H3. The van der Waals surface area contributed by atoms with Crippen LogP contribution >= 0.6 is 11.8 Å². The summed E-state index contributed by atoms with van der Waals surface area (Å²) in [5.74, 6) is 1.14. The highest BCUT2D eigenvalue weighted by Gasteiger charge is 2.08. The van der Waals surface area contributed by atoms with Gasteiger partial charge < -0.3 is 9.88 Å². The van der Waals surface area contributed by atoms with Gasteiger partial charge in [0.25, 0.3) is 0 Å². The average Bonchev–Trinajstić information content (AvgIpc) is 2.95. The lowest BCUT2D eigenvalue weighted by atomic mass is 10.1. The molecule has 0 aliphatic heterocycles. The number of hydrogen-bond donors (Lipinski definition) is 1. The lowest BCUT2D eigenvalue weighted by Crippen LogP contribution is -2.35. The Morgan fingerprint density at radius 1 is 1.19 bits per heavy atom. The SMILES string of the molecule is CC(C)(C)NCc1ccc(SCCCn2ccnc2)cc1. The van der Waals surface area contributed by atoms with E-state index in [1.165, 1.54) is 10.5 Å². The smallest absolute Gasteiger partial charge is 0.0945 e. The van der Waals surface area contributed by atoms with Gasteiger partial charge in [0.05, 0.1) is 6.33 Å². The van der Waals surface area contributed by atoms with Gasteiger partial charge in [-0.25, -0.2) is 4.98 Å². The molecule has 1 heterocycles. The van der Waals surface area contributed by atoms with Crippen LogP contribution < -0.4 is 5.32 Å². The summed E-state index contributed by atoms with van der Waals surface area (Å²) in [6.07, 6.45) is 6.88. The van der Waals surface area contributed by atoms with Crippen LogP contribution in [0.25, 0.3) is 0 Å². The van der Waals surface area contributed by atoms with E-state index < -0.39 is 0 Å². The summed E-state index contributed by atoms with van der Waals surface area (Å²) in [6, 6.07) is 8.89. The van der Waals surface area contributed by atoms with Crippen LogP contribution in [0.5, 0.6) is 0 Å². The zero-order valence-corrected chi connectivity index (χ0v) is 14.0. The van der Waals surface area contributed by atoms with Crippen molar-refractivity contribution >= 4 is 11.8 Å². The number of thioether (sulfide) groups is 1. The second kappa shape index (κ2) is 7.66. The lowest BCUT2D eigenvalue weighted by molar-refractivity contribution is 0.424. The monoisotopic (exact) mass is 303 g/mol. The Kier molecular flexibility index (Phi) is 5.88. The van der Waals surface area contributed by atoms with Gasteiger partial charge in [0.2, 0.25) is 0 Å². The predicted molar refractivity (Wildman–Crippen MR) is 90.6 cm³/mol. The normalized spacial score (nSPS) is 11.8. The van der Waals surface area contributed by atoms with Crippen molar-refractivity contribution in [3.8, 4) is 0 Å². The topological polar surface area (TPSA) is 29.9 Å². The second-order valence-electron chi connectivity index (χ2n) is 6.25. The minimum Gasteiger partial charge on any atom is -0.337 e. The van der Waals surface area contributed by atoms with E-state index in [9.17, 15) is 0 Å². The van der Waals surface area contributed by atoms with Crippen molar-refractivity contribution in [2.75, 3.05) is 5.75 Å². The van der Waals surface area contributed by atoms with Crippen molar-refractivity contribution in [3.63, 3.8) is 0 Å². The summed E-state index contributed by atoms with van der Waals surface area (Å²) >= 11 is 1.92. The van der Waals surface area contributed by atoms with Gasteiger partial charge in [-0.2, -0.15) is 0 Å². The first kappa shape index (κ1) is 16.1. The molecule has 21 heavy (non-hydrogen) atoms. The molecule has 0 fully saturated rings. The summed E-state index contributed by atoms with van der Waals surface area (Å²) in [6.45, 7) is 8.54. The van der Waals surface area contributed by atoms with E-state index in [4.69, 9.17) is 0 Å². The first-order valence-electron chi connectivity index (χ1n) is 7.45. The molecule has 0 saturated heterocycles. The molecule has 0 spiro atoms. The minimum atomic E-state index is 0.167. The molecule has 0 bridgehead atoms. The number of nitrogens with zero attached hydrogens (tertiary/aromatic N) is 2. The Morgan fingerprint density at radius 3 is 2.57 bits per heavy atom. The molecular weight excluding hydrogens is 278 g/mol. The highest BCUT2D eigenvalue weighted by atomic mass is 32.2. The number of aryl methyl sites for hydroxylation is 1. The van der Waals surface area contributed by atoms with Crippen LogP contribution in [-0.4, -0.2) is 20.8 Å². The van der Waals surface area contributed by atoms with E-state index in [0.717, 1.165) is 25.3 Å². The fourth-order valence-electron chi connectivity index (χ4n) is 1.93. The quantitative estimate of drug-likeness (QED) is 0.620. The summed E-state index contributed by atoms with van der Waals surface area (Å²) in [4.78, 5) is 5.40. The number of imidazole rings is 1. The van der Waals surface area contributed by atoms with Crippen molar-refractivity contribution in [2.24, 2.45) is 0 Å². The molecule has 0 amide bonds. The Morgan fingerprint density at radius 2 is 1.95 bits per heavy atom. The molecule has 114 valence electrons. The summed E-state index contributed by atoms with van der Waals surface area (Å²) in [7, 11) is 0. The largest absolute Gasteiger partial charge is 0.337 e. The molecule has 0 aliphatic rings. The minimum absolute atomic E-state index is 0.167. The van der Waals surface area contributed by atoms with Crippen LogP contribution in [0.4, 0.5) is 0 Å². The highest BCUT2D eigenvalue weighted by Crippen LogP contribution is 2.19. The number of aromatic nitrogens is 2. The molecular formula is C17H25N3S. The van der Waals surface area contributed by atoms with Gasteiger partial charge in [-0.1, -0.05) is 12.1 Å². The molecule has 1 N–H and O–H groups in total. The maximum Gasteiger partial charge on any atom is 0.0945 e. The van der Waals surface area contributed by atoms with E-state index in [1.807, 2.05) is 30.5 Å². The molecule has 1 aromatic heterocycles. The van der Waals surface area contributed by atoms with Gasteiger partial charge in [-0.3, -0.25) is 0 Å². The molecule has 2 rings (SSSR count). The van der Waals surface area contributed by atoms with E-state index in [1.54, 1.807) is 0 Å². The average molecular weight is 303 g/mol. The molecule has 0 aliphatic carbocycles. The van der Waals surface area contributed by atoms with Gasteiger partial charge in [-0.15, -0.1) is 11.8 Å². The first-order chi connectivity index (χ1) is 10.0. The van der Waals surface area contributed by atoms with Gasteiger partial charge in [-0.05, 0) is 50.6 Å². The Labute approximate surface area is 132 Å². The Balaban J connectivity index is 1.69. The van der Waals surface area contributed by atoms with Crippen LogP contribution in [0.3, 0.4) is 0 Å². The molecule has 0 atom stereocenters. The number of nitrogens with one attached hydrogen (secondary N) is 1. The zero-order chi connectivity index (χ0) is 15.1. The molecule has 4 heteroatoms. The Hall–Kier alpha value is -1.26. The third kappa shape index (κ3) is 6.36. The zero-order valence-electron chi connectivity index (χ0n) is 13.2. The van der Waals surface area contributed by atoms with Crippen LogP contribution in [0.1, 0.15) is 32.8 Å². The van der Waals surface area contributed by atoms with Crippen molar-refractivity contribution in [1.29, 1.82) is 0 Å². The predicted octanol–water partition coefficient (Wildman–Crippen LogP) is 3.95. The van der Waals surface area contributed by atoms with E-state index in [2.05, 4.69) is 59.9 Å². The summed E-state index contributed by atoms with van der Waals surface area (Å²) in [5.41, 5.74) is 1.51. The third-order valence-corrected chi connectivity index (χ3v) is 4.23. The van der Waals surface area contributed by atoms with Crippen LogP contribution in [-0.2, 0) is 13.1 Å². The first-order valence-corrected chi connectivity index (χ1v) is 8.44. The van der Waals surface area contributed by atoms with Gasteiger partial charge in [0, 0.05) is 35.9 Å². The lowest BCUT2D eigenvalue weighted by Gasteiger charge is -2.20. The fraction of sp³-hybridized carbons (Fsp3) is 0.471. The molecule has 0 unspecified atom stereocenters. The summed E-state index contributed by atoms with van der Waals surface area (Å²) in [5, 5.41) is 3.51. The molecule has 0 radical (unpaired) electrons. The maximum absolute atomic E-state index is 4.05. The van der Waals surface area contributed by atoms with Gasteiger partial charge in [0.15, 0.2) is 0 Å². The number of benzene rings is 1. The molecule has 3 nitrogen and oxygen atoms in total. The molecule has 0 saturated carbocycles. The van der Waals surface area contributed by atoms with Crippen molar-refractivity contribution in [2.45, 2.75) is 50.7 Å². The van der Waals surface area contributed by atoms with Crippen molar-refractivity contribution in [1.82, 2.24) is 14.9 Å². The van der Waals surface area contributed by atoms with Gasteiger partial charge in [0.1, 0.15) is 0 Å². The highest BCUT2D eigenvalue weighted by molar-refractivity contribution is 7.99. The summed E-state index contributed by atoms with van der Waals surface area (Å²) < 4.78 is 2.13. The number of hydrogen-bond acceptors (Lipinski definition) is 3. The van der Waals surface area contributed by atoms with Crippen LogP contribution in [0, 0.1) is 0 Å². The van der Waals surface area contributed by atoms with E-state index in [-0.39, 0.29) is 5.54 Å². The number of rotatable bonds is 7. The van der Waals surface area contributed by atoms with E-state index in [0.29, 0.717) is 0 Å². The molecule has 2 aromatic rings. The third-order valence-electron chi connectivity index (χ3n) is 3.13. The maximum atomic E-state index is 4.05. The van der Waals surface area contributed by atoms with Crippen molar-refractivity contribution in [3.05, 3.63) is 48.5 Å². The van der Waals surface area contributed by atoms with Crippen LogP contribution in [0.2, 0.25) is 0 Å². The fourth-order valence-corrected chi connectivity index (χ4v) is 2.76. The Bertz CT molecular complexity index is 512. The van der Waals surface area contributed by atoms with Crippen LogP contribution in [0.15, 0.2) is 47.9 Å². The second-order valence-corrected chi connectivity index (χ2v) is 7.42. The van der Waals surface area contributed by atoms with E-state index >= 15 is 0 Å².